The highest BCUT2D eigenvalue weighted by molar-refractivity contribution is 5.96. The summed E-state index contributed by atoms with van der Waals surface area (Å²) in [6.07, 6.45) is 0.337. The number of hydrogen-bond acceptors (Lipinski definition) is 2. The molecule has 25 heavy (non-hydrogen) atoms. The van der Waals surface area contributed by atoms with Gasteiger partial charge < -0.3 is 15.1 Å². The molecule has 1 fully saturated rings. The highest BCUT2D eigenvalue weighted by Gasteiger charge is 2.32. The molecular formula is C20H23N3O2. The fourth-order valence-corrected chi connectivity index (χ4v) is 3.06. The lowest BCUT2D eigenvalue weighted by atomic mass is 10.2. The number of nitrogens with zero attached hydrogens (tertiary/aromatic N) is 2. The predicted octanol–water partition coefficient (Wildman–Crippen LogP) is 3.02. The summed E-state index contributed by atoms with van der Waals surface area (Å²) in [5.74, 6) is 0.0441. The van der Waals surface area contributed by atoms with E-state index in [0.29, 0.717) is 26.1 Å². The number of rotatable bonds is 5. The van der Waals surface area contributed by atoms with Gasteiger partial charge in [0.15, 0.2) is 0 Å². The summed E-state index contributed by atoms with van der Waals surface area (Å²) in [4.78, 5) is 28.3. The minimum Gasteiger partial charge on any atom is -0.333 e. The summed E-state index contributed by atoms with van der Waals surface area (Å²) in [5.41, 5.74) is 1.97. The second-order valence-corrected chi connectivity index (χ2v) is 6.19. The quantitative estimate of drug-likeness (QED) is 0.912. The molecule has 0 radical (unpaired) electrons. The van der Waals surface area contributed by atoms with Gasteiger partial charge in [-0.2, -0.15) is 0 Å². The van der Waals surface area contributed by atoms with Crippen molar-refractivity contribution in [2.24, 2.45) is 0 Å². The molecule has 0 aliphatic carbocycles. The zero-order valence-corrected chi connectivity index (χ0v) is 14.4. The Morgan fingerprint density at radius 2 is 1.76 bits per heavy atom. The monoisotopic (exact) mass is 337 g/mol. The number of hydrogen-bond donors (Lipinski definition) is 1. The van der Waals surface area contributed by atoms with Crippen molar-refractivity contribution >= 4 is 17.6 Å². The Labute approximate surface area is 148 Å². The minimum absolute atomic E-state index is 0.0441. The van der Waals surface area contributed by atoms with Crippen LogP contribution in [-0.4, -0.2) is 36.0 Å². The van der Waals surface area contributed by atoms with Gasteiger partial charge in [0.05, 0.1) is 6.04 Å². The SMILES string of the molecule is CCN(Cc1ccccc1)C(=O)NC1CC(=O)N(c2ccccc2)C1. The molecule has 1 aliphatic rings. The molecule has 3 rings (SSSR count). The van der Waals surface area contributed by atoms with Crippen molar-refractivity contribution in [2.75, 3.05) is 18.0 Å². The summed E-state index contributed by atoms with van der Waals surface area (Å²) in [6, 6.07) is 19.2. The number of para-hydroxylation sites is 1. The van der Waals surface area contributed by atoms with Crippen LogP contribution in [0.2, 0.25) is 0 Å². The van der Waals surface area contributed by atoms with Crippen molar-refractivity contribution in [3.63, 3.8) is 0 Å². The molecule has 1 saturated heterocycles. The third kappa shape index (κ3) is 4.18. The first-order chi connectivity index (χ1) is 12.2. The molecule has 130 valence electrons. The first-order valence-electron chi connectivity index (χ1n) is 8.62. The topological polar surface area (TPSA) is 52.7 Å². The van der Waals surface area contributed by atoms with Crippen molar-refractivity contribution < 1.29 is 9.59 Å². The Balaban J connectivity index is 1.60. The number of anilines is 1. The van der Waals surface area contributed by atoms with Crippen LogP contribution in [0.3, 0.4) is 0 Å². The van der Waals surface area contributed by atoms with E-state index >= 15 is 0 Å². The average molecular weight is 337 g/mol. The normalized spacial score (nSPS) is 16.8. The molecule has 1 unspecified atom stereocenters. The van der Waals surface area contributed by atoms with Crippen molar-refractivity contribution in [1.29, 1.82) is 0 Å². The van der Waals surface area contributed by atoms with Crippen LogP contribution >= 0.6 is 0 Å². The second-order valence-electron chi connectivity index (χ2n) is 6.19. The van der Waals surface area contributed by atoms with Crippen LogP contribution in [0.4, 0.5) is 10.5 Å². The van der Waals surface area contributed by atoms with Crippen LogP contribution in [0, 0.1) is 0 Å². The van der Waals surface area contributed by atoms with E-state index in [1.165, 1.54) is 0 Å². The summed E-state index contributed by atoms with van der Waals surface area (Å²) >= 11 is 0. The summed E-state index contributed by atoms with van der Waals surface area (Å²) in [7, 11) is 0. The van der Waals surface area contributed by atoms with Gasteiger partial charge in [0.25, 0.3) is 0 Å². The number of urea groups is 1. The molecule has 0 saturated carbocycles. The van der Waals surface area contributed by atoms with Gasteiger partial charge >= 0.3 is 6.03 Å². The Morgan fingerprint density at radius 3 is 2.40 bits per heavy atom. The third-order valence-electron chi connectivity index (χ3n) is 4.41. The zero-order valence-electron chi connectivity index (χ0n) is 14.4. The smallest absolute Gasteiger partial charge is 0.317 e. The van der Waals surface area contributed by atoms with Crippen LogP contribution in [0.15, 0.2) is 60.7 Å². The van der Waals surface area contributed by atoms with E-state index in [4.69, 9.17) is 0 Å². The predicted molar refractivity (Wildman–Crippen MR) is 98.3 cm³/mol. The highest BCUT2D eigenvalue weighted by Crippen LogP contribution is 2.21. The Bertz CT molecular complexity index is 718. The number of carbonyl (C=O) groups is 2. The third-order valence-corrected chi connectivity index (χ3v) is 4.41. The molecule has 2 aromatic carbocycles. The summed E-state index contributed by atoms with van der Waals surface area (Å²) in [6.45, 7) is 3.64. The molecule has 3 amide bonds. The lowest BCUT2D eigenvalue weighted by Crippen LogP contribution is -2.45. The number of amides is 3. The van der Waals surface area contributed by atoms with Gasteiger partial charge in [-0.25, -0.2) is 4.79 Å². The van der Waals surface area contributed by atoms with Gasteiger partial charge in [0.1, 0.15) is 0 Å². The fourth-order valence-electron chi connectivity index (χ4n) is 3.06. The summed E-state index contributed by atoms with van der Waals surface area (Å²) < 4.78 is 0. The van der Waals surface area contributed by atoms with Crippen molar-refractivity contribution in [3.8, 4) is 0 Å². The summed E-state index contributed by atoms with van der Waals surface area (Å²) in [5, 5.41) is 3.00. The van der Waals surface area contributed by atoms with E-state index in [9.17, 15) is 9.59 Å². The van der Waals surface area contributed by atoms with E-state index in [1.807, 2.05) is 67.6 Å². The first kappa shape index (κ1) is 17.0. The van der Waals surface area contributed by atoms with Gasteiger partial charge in [0.2, 0.25) is 5.91 Å². The van der Waals surface area contributed by atoms with Crippen molar-refractivity contribution in [3.05, 3.63) is 66.2 Å². The molecule has 0 aromatic heterocycles. The van der Waals surface area contributed by atoms with Crippen molar-refractivity contribution in [2.45, 2.75) is 25.9 Å². The van der Waals surface area contributed by atoms with E-state index in [0.717, 1.165) is 11.3 Å². The largest absolute Gasteiger partial charge is 0.333 e. The minimum atomic E-state index is -0.162. The van der Waals surface area contributed by atoms with Crippen LogP contribution < -0.4 is 10.2 Å². The van der Waals surface area contributed by atoms with Gasteiger partial charge in [-0.05, 0) is 24.6 Å². The lowest BCUT2D eigenvalue weighted by molar-refractivity contribution is -0.117. The van der Waals surface area contributed by atoms with E-state index in [1.54, 1.807) is 9.80 Å². The standard InChI is InChI=1S/C20H23N3O2/c1-2-22(14-16-9-5-3-6-10-16)20(25)21-17-13-19(24)23(15-17)18-11-7-4-8-12-18/h3-12,17H,2,13-15H2,1H3,(H,21,25). The van der Waals surface area contributed by atoms with E-state index < -0.39 is 0 Å². The van der Waals surface area contributed by atoms with Gasteiger partial charge in [-0.15, -0.1) is 0 Å². The fraction of sp³-hybridized carbons (Fsp3) is 0.300. The molecule has 5 heteroatoms. The lowest BCUT2D eigenvalue weighted by Gasteiger charge is -2.24. The van der Waals surface area contributed by atoms with Gasteiger partial charge in [-0.3, -0.25) is 4.79 Å². The molecule has 1 atom stereocenters. The Hall–Kier alpha value is -2.82. The van der Waals surface area contributed by atoms with Gasteiger partial charge in [-0.1, -0.05) is 48.5 Å². The molecular weight excluding hydrogens is 314 g/mol. The number of carbonyl (C=O) groups excluding carboxylic acids is 2. The van der Waals surface area contributed by atoms with Crippen LogP contribution in [0.25, 0.3) is 0 Å². The molecule has 1 heterocycles. The van der Waals surface area contributed by atoms with Crippen LogP contribution in [0.1, 0.15) is 18.9 Å². The maximum atomic E-state index is 12.6. The maximum absolute atomic E-state index is 12.6. The van der Waals surface area contributed by atoms with E-state index in [-0.39, 0.29) is 18.0 Å². The Morgan fingerprint density at radius 1 is 1.12 bits per heavy atom. The van der Waals surface area contributed by atoms with E-state index in [2.05, 4.69) is 5.32 Å². The number of nitrogens with one attached hydrogen (secondary N) is 1. The highest BCUT2D eigenvalue weighted by atomic mass is 16.2. The van der Waals surface area contributed by atoms with Crippen molar-refractivity contribution in [1.82, 2.24) is 10.2 Å². The molecule has 1 N–H and O–H groups in total. The molecule has 0 spiro atoms. The number of benzene rings is 2. The molecule has 5 nitrogen and oxygen atoms in total. The molecule has 1 aliphatic heterocycles. The zero-order chi connectivity index (χ0) is 17.6. The average Bonchev–Trinajstić information content (AvgIpc) is 3.01. The maximum Gasteiger partial charge on any atom is 0.317 e. The Kier molecular flexibility index (Phi) is 5.33. The first-order valence-corrected chi connectivity index (χ1v) is 8.62. The van der Waals surface area contributed by atoms with Gasteiger partial charge in [0, 0.05) is 31.7 Å². The molecule has 2 aromatic rings. The molecule has 0 bridgehead atoms. The van der Waals surface area contributed by atoms with Crippen LogP contribution in [0.5, 0.6) is 0 Å². The second kappa shape index (κ2) is 7.83. The van der Waals surface area contributed by atoms with Crippen LogP contribution in [-0.2, 0) is 11.3 Å².